The molecule has 0 heterocycles. The lowest BCUT2D eigenvalue weighted by Gasteiger charge is -2.08. The van der Waals surface area contributed by atoms with E-state index in [1.165, 1.54) is 0 Å². The Kier molecular flexibility index (Phi) is 4.90. The van der Waals surface area contributed by atoms with Crippen LogP contribution in [-0.2, 0) is 16.0 Å². The summed E-state index contributed by atoms with van der Waals surface area (Å²) in [5.41, 5.74) is 0.916. The van der Waals surface area contributed by atoms with Gasteiger partial charge in [0.15, 0.2) is 0 Å². The summed E-state index contributed by atoms with van der Waals surface area (Å²) in [6.07, 6.45) is 1.98. The second-order valence-corrected chi connectivity index (χ2v) is 3.45. The zero-order chi connectivity index (χ0) is 11.1. The highest BCUT2D eigenvalue weighted by atomic mass is 32.1. The van der Waals surface area contributed by atoms with E-state index in [0.717, 1.165) is 5.56 Å². The van der Waals surface area contributed by atoms with Gasteiger partial charge in [0.2, 0.25) is 12.2 Å². The third-order valence-corrected chi connectivity index (χ3v) is 2.23. The Labute approximate surface area is 94.3 Å². The molecule has 0 unspecified atom stereocenters. The van der Waals surface area contributed by atoms with E-state index in [1.807, 2.05) is 30.3 Å². The molecule has 79 valence electrons. The van der Waals surface area contributed by atoms with Gasteiger partial charge < -0.3 is 5.32 Å². The van der Waals surface area contributed by atoms with Crippen LogP contribution < -0.4 is 5.32 Å². The normalized spacial score (nSPS) is 11.8. The zero-order valence-electron chi connectivity index (χ0n) is 8.14. The number of benzene rings is 1. The van der Waals surface area contributed by atoms with Crippen LogP contribution in [0.4, 0.5) is 0 Å². The second-order valence-electron chi connectivity index (χ2n) is 3.08. The molecule has 0 aromatic heterocycles. The van der Waals surface area contributed by atoms with Crippen LogP contribution in [0.15, 0.2) is 30.3 Å². The Morgan fingerprint density at radius 1 is 1.40 bits per heavy atom. The van der Waals surface area contributed by atoms with Gasteiger partial charge in [0.25, 0.3) is 0 Å². The molecule has 0 aliphatic heterocycles. The van der Waals surface area contributed by atoms with Crippen molar-refractivity contribution in [2.75, 3.05) is 5.75 Å². The van der Waals surface area contributed by atoms with Crippen LogP contribution in [0.5, 0.6) is 0 Å². The zero-order valence-corrected chi connectivity index (χ0v) is 9.04. The number of carbonyl (C=O) groups excluding carboxylic acids is 2. The first-order valence-electron chi connectivity index (χ1n) is 4.58. The molecule has 0 bridgehead atoms. The molecule has 0 saturated heterocycles. The van der Waals surface area contributed by atoms with E-state index in [1.54, 1.807) is 6.29 Å². The maximum Gasteiger partial charge on any atom is 0.225 e. The lowest BCUT2D eigenvalue weighted by Crippen LogP contribution is -2.38. The minimum absolute atomic E-state index is 0.191. The van der Waals surface area contributed by atoms with Gasteiger partial charge in [-0.05, 0) is 5.56 Å². The van der Waals surface area contributed by atoms with Crippen LogP contribution in [0.25, 0.3) is 0 Å². The Morgan fingerprint density at radius 3 is 2.60 bits per heavy atom. The molecule has 1 rings (SSSR count). The van der Waals surface area contributed by atoms with Crippen LogP contribution in [-0.4, -0.2) is 24.0 Å². The predicted octanol–water partition coefficient (Wildman–Crippen LogP) is 0.753. The molecule has 1 N–H and O–H groups in total. The van der Waals surface area contributed by atoms with E-state index < -0.39 is 6.04 Å². The van der Waals surface area contributed by atoms with Crippen molar-refractivity contribution in [1.82, 2.24) is 5.32 Å². The predicted molar refractivity (Wildman–Crippen MR) is 61.6 cm³/mol. The number of rotatable bonds is 5. The molecular weight excluding hydrogens is 210 g/mol. The lowest BCUT2D eigenvalue weighted by molar-refractivity contribution is -0.120. The van der Waals surface area contributed by atoms with Crippen LogP contribution in [0.1, 0.15) is 5.56 Å². The van der Waals surface area contributed by atoms with Gasteiger partial charge in [-0.3, -0.25) is 9.59 Å². The summed E-state index contributed by atoms with van der Waals surface area (Å²) in [6, 6.07) is 8.72. The Bertz CT molecular complexity index is 327. The van der Waals surface area contributed by atoms with Crippen molar-refractivity contribution in [3.05, 3.63) is 35.9 Å². The van der Waals surface area contributed by atoms with Gasteiger partial charge in [-0.25, -0.2) is 0 Å². The minimum Gasteiger partial charge on any atom is -0.345 e. The fourth-order valence-electron chi connectivity index (χ4n) is 1.14. The molecule has 0 spiro atoms. The highest BCUT2D eigenvalue weighted by molar-refractivity contribution is 7.80. The fourth-order valence-corrected chi connectivity index (χ4v) is 1.30. The molecule has 1 amide bonds. The SMILES string of the molecule is O=[C][C@H](CS)NC(=O)Cc1ccccc1. The number of thiol groups is 1. The highest BCUT2D eigenvalue weighted by Crippen LogP contribution is 1.99. The van der Waals surface area contributed by atoms with Crippen molar-refractivity contribution in [2.45, 2.75) is 12.5 Å². The van der Waals surface area contributed by atoms with Crippen molar-refractivity contribution < 1.29 is 9.59 Å². The van der Waals surface area contributed by atoms with E-state index in [4.69, 9.17) is 0 Å². The summed E-state index contributed by atoms with van der Waals surface area (Å²) in [4.78, 5) is 21.8. The van der Waals surface area contributed by atoms with Crippen molar-refractivity contribution >= 4 is 24.8 Å². The molecule has 1 radical (unpaired) electrons. The third kappa shape index (κ3) is 4.16. The smallest absolute Gasteiger partial charge is 0.225 e. The van der Waals surface area contributed by atoms with Gasteiger partial charge in [-0.1, -0.05) is 30.3 Å². The van der Waals surface area contributed by atoms with Crippen molar-refractivity contribution in [3.63, 3.8) is 0 Å². The summed E-state index contributed by atoms with van der Waals surface area (Å²) >= 11 is 3.92. The van der Waals surface area contributed by atoms with Gasteiger partial charge in [0, 0.05) is 5.75 Å². The molecule has 0 saturated carbocycles. The molecule has 0 fully saturated rings. The fraction of sp³-hybridized carbons (Fsp3) is 0.273. The molecule has 0 aliphatic rings. The van der Waals surface area contributed by atoms with Crippen LogP contribution in [0.3, 0.4) is 0 Å². The first-order chi connectivity index (χ1) is 7.26. The van der Waals surface area contributed by atoms with Crippen LogP contribution in [0.2, 0.25) is 0 Å². The van der Waals surface area contributed by atoms with Gasteiger partial charge in [0.05, 0.1) is 6.42 Å². The summed E-state index contributed by atoms with van der Waals surface area (Å²) in [5, 5.41) is 2.53. The lowest BCUT2D eigenvalue weighted by atomic mass is 10.1. The topological polar surface area (TPSA) is 46.2 Å². The number of hydrogen-bond acceptors (Lipinski definition) is 3. The van der Waals surface area contributed by atoms with Crippen LogP contribution in [0, 0.1) is 0 Å². The summed E-state index contributed by atoms with van der Waals surface area (Å²) in [6.45, 7) is 0. The Morgan fingerprint density at radius 2 is 2.07 bits per heavy atom. The number of nitrogens with one attached hydrogen (secondary N) is 1. The Balaban J connectivity index is 2.46. The number of amides is 1. The maximum atomic E-state index is 11.4. The van der Waals surface area contributed by atoms with Gasteiger partial charge in [0.1, 0.15) is 6.04 Å². The maximum absolute atomic E-state index is 11.4. The minimum atomic E-state index is -0.621. The van der Waals surface area contributed by atoms with E-state index in [9.17, 15) is 9.59 Å². The average Bonchev–Trinajstić information content (AvgIpc) is 2.27. The summed E-state index contributed by atoms with van der Waals surface area (Å²) in [5.74, 6) is 0.0768. The van der Waals surface area contributed by atoms with Gasteiger partial charge in [-0.15, -0.1) is 0 Å². The first-order valence-corrected chi connectivity index (χ1v) is 5.21. The van der Waals surface area contributed by atoms with E-state index >= 15 is 0 Å². The molecule has 15 heavy (non-hydrogen) atoms. The third-order valence-electron chi connectivity index (χ3n) is 1.87. The molecular formula is C11H12NO2S. The highest BCUT2D eigenvalue weighted by Gasteiger charge is 2.10. The van der Waals surface area contributed by atoms with E-state index in [-0.39, 0.29) is 18.1 Å². The monoisotopic (exact) mass is 222 g/mol. The molecule has 4 heteroatoms. The van der Waals surface area contributed by atoms with Crippen molar-refractivity contribution in [1.29, 1.82) is 0 Å². The first kappa shape index (κ1) is 11.8. The van der Waals surface area contributed by atoms with Gasteiger partial charge in [-0.2, -0.15) is 12.6 Å². The Hall–Kier alpha value is -1.29. The molecule has 1 aromatic rings. The average molecular weight is 222 g/mol. The number of carbonyl (C=O) groups is 1. The standard InChI is InChI=1S/C11H12NO2S/c13-7-10(8-15)12-11(14)6-9-4-2-1-3-5-9/h1-5,10,15H,6,8H2,(H,12,14)/t10-/m1/s1. The molecule has 0 aliphatic carbocycles. The summed E-state index contributed by atoms with van der Waals surface area (Å²) < 4.78 is 0. The van der Waals surface area contributed by atoms with Crippen molar-refractivity contribution in [2.24, 2.45) is 0 Å². The number of hydrogen-bond donors (Lipinski definition) is 2. The quantitative estimate of drug-likeness (QED) is 0.722. The molecule has 1 atom stereocenters. The van der Waals surface area contributed by atoms with E-state index in [2.05, 4.69) is 17.9 Å². The largest absolute Gasteiger partial charge is 0.345 e. The van der Waals surface area contributed by atoms with Gasteiger partial charge >= 0.3 is 0 Å². The van der Waals surface area contributed by atoms with Crippen LogP contribution >= 0.6 is 12.6 Å². The van der Waals surface area contributed by atoms with E-state index in [0.29, 0.717) is 0 Å². The molecule has 3 nitrogen and oxygen atoms in total. The van der Waals surface area contributed by atoms with Crippen molar-refractivity contribution in [3.8, 4) is 0 Å². The summed E-state index contributed by atoms with van der Waals surface area (Å²) in [7, 11) is 0. The second kappa shape index (κ2) is 6.24. The molecule has 1 aromatic carbocycles.